The molecule has 60 heavy (non-hydrogen) atoms. The molecule has 4 bridgehead atoms. The fourth-order valence-corrected chi connectivity index (χ4v) is 11.1. The molecule has 5 fully saturated rings. The van der Waals surface area contributed by atoms with Crippen LogP contribution in [0.3, 0.4) is 0 Å². The van der Waals surface area contributed by atoms with E-state index in [4.69, 9.17) is 23.9 Å². The number of carbonyl (C=O) groups excluding carboxylic acids is 4. The van der Waals surface area contributed by atoms with Crippen LogP contribution < -0.4 is 29.6 Å². The van der Waals surface area contributed by atoms with Gasteiger partial charge in [0.2, 0.25) is 27.7 Å². The summed E-state index contributed by atoms with van der Waals surface area (Å²) in [6.07, 6.45) is 13.4. The van der Waals surface area contributed by atoms with Gasteiger partial charge in [-0.2, -0.15) is 0 Å². The second-order valence-electron chi connectivity index (χ2n) is 17.3. The molecule has 4 saturated carbocycles. The number of methoxy groups -OCH3 is 1. The molecule has 1 saturated heterocycles. The lowest BCUT2D eigenvalue weighted by molar-refractivity contribution is -0.142. The SMILES string of the molecule is C=C[C@H]1C[C@@]1(NC(=O)[C@@H]1C[C@@H]2CN1C(=O)[C@H](C1CCCCC1)NC(=O)O[C@H]1CCCC[C@@H]1C/C=C/c1cc3c(cc(OCC)nc3cc1OC)O2)C(=O)NS(=O)(=O)C1CC1. The van der Waals surface area contributed by atoms with Crippen molar-refractivity contribution in [3.8, 4) is 17.4 Å². The number of ether oxygens (including phenoxy) is 4. The highest BCUT2D eigenvalue weighted by Crippen LogP contribution is 2.46. The summed E-state index contributed by atoms with van der Waals surface area (Å²) in [5.41, 5.74) is -0.199. The average molecular weight is 848 g/mol. The fourth-order valence-electron chi connectivity index (χ4n) is 9.71. The van der Waals surface area contributed by atoms with Crippen molar-refractivity contribution in [3.63, 3.8) is 0 Å². The number of nitrogens with one attached hydrogen (secondary N) is 3. The van der Waals surface area contributed by atoms with Gasteiger partial charge in [-0.15, -0.1) is 6.58 Å². The van der Waals surface area contributed by atoms with E-state index in [1.54, 1.807) is 13.2 Å². The third-order valence-electron chi connectivity index (χ3n) is 13.3. The van der Waals surface area contributed by atoms with Gasteiger partial charge in [0, 0.05) is 35.4 Å². The summed E-state index contributed by atoms with van der Waals surface area (Å²) in [5, 5.41) is 5.89. The number of benzene rings is 1. The zero-order valence-electron chi connectivity index (χ0n) is 34.5. The molecule has 4 aliphatic carbocycles. The highest BCUT2D eigenvalue weighted by atomic mass is 32.2. The first-order valence-electron chi connectivity index (χ1n) is 21.7. The lowest BCUT2D eigenvalue weighted by atomic mass is 9.83. The minimum atomic E-state index is -3.91. The Morgan fingerprint density at radius 3 is 2.50 bits per heavy atom. The van der Waals surface area contributed by atoms with Gasteiger partial charge in [0.1, 0.15) is 41.3 Å². The van der Waals surface area contributed by atoms with Crippen molar-refractivity contribution in [2.75, 3.05) is 20.3 Å². The van der Waals surface area contributed by atoms with Gasteiger partial charge in [-0.3, -0.25) is 19.1 Å². The van der Waals surface area contributed by atoms with E-state index in [0.717, 1.165) is 44.1 Å². The fraction of sp³-hybridized carbons (Fsp3) is 0.614. The molecular formula is C44H57N5O10S. The molecule has 3 N–H and O–H groups in total. The van der Waals surface area contributed by atoms with Gasteiger partial charge >= 0.3 is 6.09 Å². The smallest absolute Gasteiger partial charge is 0.408 e. The quantitative estimate of drug-likeness (QED) is 0.263. The van der Waals surface area contributed by atoms with Crippen LogP contribution >= 0.6 is 0 Å². The number of alkyl carbamates (subject to hydrolysis) is 1. The molecule has 2 aromatic rings. The number of carbonyl (C=O) groups is 4. The molecule has 324 valence electrons. The molecule has 16 heteroatoms. The zero-order valence-corrected chi connectivity index (χ0v) is 35.3. The van der Waals surface area contributed by atoms with Crippen molar-refractivity contribution in [1.82, 2.24) is 25.2 Å². The Bertz CT molecular complexity index is 2150. The van der Waals surface area contributed by atoms with Crippen molar-refractivity contribution in [2.45, 2.75) is 132 Å². The Balaban J connectivity index is 1.18. The van der Waals surface area contributed by atoms with Crippen molar-refractivity contribution in [1.29, 1.82) is 0 Å². The van der Waals surface area contributed by atoms with Gasteiger partial charge in [-0.05, 0) is 82.6 Å². The summed E-state index contributed by atoms with van der Waals surface area (Å²) >= 11 is 0. The summed E-state index contributed by atoms with van der Waals surface area (Å²) < 4.78 is 52.5. The molecule has 8 rings (SSSR count). The van der Waals surface area contributed by atoms with E-state index in [1.165, 1.54) is 11.0 Å². The first kappa shape index (κ1) is 41.9. The minimum absolute atomic E-state index is 0.0155. The van der Waals surface area contributed by atoms with Gasteiger partial charge in [0.15, 0.2) is 0 Å². The van der Waals surface area contributed by atoms with Gasteiger partial charge in [0.25, 0.3) is 5.91 Å². The van der Waals surface area contributed by atoms with E-state index >= 15 is 4.79 Å². The second-order valence-corrected chi connectivity index (χ2v) is 19.3. The maximum absolute atomic E-state index is 15.1. The Morgan fingerprint density at radius 1 is 1.03 bits per heavy atom. The first-order chi connectivity index (χ1) is 28.9. The lowest BCUT2D eigenvalue weighted by Crippen LogP contribution is -2.59. The van der Waals surface area contributed by atoms with Crippen LogP contribution in [0.5, 0.6) is 17.4 Å². The number of rotatable bonds is 10. The topological polar surface area (TPSA) is 192 Å². The van der Waals surface area contributed by atoms with Crippen LogP contribution in [0.25, 0.3) is 17.0 Å². The van der Waals surface area contributed by atoms with Crippen molar-refractivity contribution < 1.29 is 46.5 Å². The second kappa shape index (κ2) is 17.3. The Labute approximate surface area is 351 Å². The number of hydrogen-bond donors (Lipinski definition) is 3. The number of pyridine rings is 1. The third-order valence-corrected chi connectivity index (χ3v) is 15.1. The van der Waals surface area contributed by atoms with Gasteiger partial charge in [-0.25, -0.2) is 18.2 Å². The van der Waals surface area contributed by atoms with E-state index in [-0.39, 0.29) is 37.3 Å². The molecule has 2 aliphatic heterocycles. The van der Waals surface area contributed by atoms with Gasteiger partial charge in [-0.1, -0.05) is 43.9 Å². The molecule has 0 unspecified atom stereocenters. The molecule has 4 amide bonds. The average Bonchev–Trinajstić information content (AvgIpc) is 4.17. The summed E-state index contributed by atoms with van der Waals surface area (Å²) in [7, 11) is -2.32. The molecule has 6 aliphatic rings. The maximum Gasteiger partial charge on any atom is 0.408 e. The number of fused-ring (bicyclic) bond motifs is 4. The lowest BCUT2D eigenvalue weighted by Gasteiger charge is -2.36. The van der Waals surface area contributed by atoms with Crippen LogP contribution in [-0.2, 0) is 29.1 Å². The molecule has 1 aromatic carbocycles. The summed E-state index contributed by atoms with van der Waals surface area (Å²) in [4.78, 5) is 63.5. The van der Waals surface area contributed by atoms with Crippen molar-refractivity contribution >= 4 is 50.8 Å². The molecule has 0 spiro atoms. The normalized spacial score (nSPS) is 30.4. The largest absolute Gasteiger partial charge is 0.496 e. The Hall–Kier alpha value is -4.86. The highest BCUT2D eigenvalue weighted by molar-refractivity contribution is 7.91. The third kappa shape index (κ3) is 8.66. The van der Waals surface area contributed by atoms with Crippen LogP contribution in [0.4, 0.5) is 4.79 Å². The van der Waals surface area contributed by atoms with Gasteiger partial charge < -0.3 is 34.5 Å². The number of amides is 4. The highest BCUT2D eigenvalue weighted by Gasteiger charge is 2.62. The standard InChI is InChI=1S/C44H57N5O10S/c1-4-29-24-44(29,42(52)48-60(54,55)31-18-19-31)47-40(50)34-21-30-25-49(34)41(51)39(27-13-7-6-8-14-27)46-43(53)59-35-17-10-9-12-26(35)15-11-16-28-20-32-33(22-36(28)56-3)45-38(57-5-2)23-37(32)58-30/h4,11,16,20,22-23,26-27,29-31,34-35,39H,1,5-10,12-15,17-19,21,24-25H2,2-3H3,(H,46,53)(H,47,50)(H,48,52)/b16-11+/t26-,29+,30-,34+,35+,39+,44+/m1/s1. The number of allylic oxidation sites excluding steroid dienone is 1. The summed E-state index contributed by atoms with van der Waals surface area (Å²) in [6, 6.07) is 3.36. The number of nitrogens with zero attached hydrogens (tertiary/aromatic N) is 2. The maximum atomic E-state index is 15.1. The van der Waals surface area contributed by atoms with Crippen LogP contribution in [0, 0.1) is 17.8 Å². The summed E-state index contributed by atoms with van der Waals surface area (Å²) in [6.45, 7) is 6.02. The van der Waals surface area contributed by atoms with E-state index in [1.807, 2.05) is 25.1 Å². The van der Waals surface area contributed by atoms with E-state index in [2.05, 4.69) is 28.0 Å². The van der Waals surface area contributed by atoms with Crippen LogP contribution in [-0.4, -0.2) is 97.5 Å². The molecule has 0 radical (unpaired) electrons. The first-order valence-corrected chi connectivity index (χ1v) is 23.2. The minimum Gasteiger partial charge on any atom is -0.496 e. The Kier molecular flexibility index (Phi) is 12.0. The Morgan fingerprint density at radius 2 is 1.78 bits per heavy atom. The van der Waals surface area contributed by atoms with Crippen molar-refractivity contribution in [3.05, 3.63) is 42.5 Å². The molecule has 15 nitrogen and oxygen atoms in total. The monoisotopic (exact) mass is 847 g/mol. The molecule has 1 aromatic heterocycles. The number of sulfonamides is 1. The number of aromatic nitrogens is 1. The van der Waals surface area contributed by atoms with Crippen LogP contribution in [0.2, 0.25) is 0 Å². The number of hydrogen-bond acceptors (Lipinski definition) is 11. The van der Waals surface area contributed by atoms with Crippen molar-refractivity contribution in [2.24, 2.45) is 17.8 Å². The summed E-state index contributed by atoms with van der Waals surface area (Å²) in [5.74, 6) is -1.18. The van der Waals surface area contributed by atoms with E-state index in [9.17, 15) is 22.8 Å². The molecular weight excluding hydrogens is 791 g/mol. The predicted octanol–water partition coefficient (Wildman–Crippen LogP) is 5.31. The van der Waals surface area contributed by atoms with E-state index < -0.39 is 68.7 Å². The molecule has 3 heterocycles. The van der Waals surface area contributed by atoms with Crippen LogP contribution in [0.15, 0.2) is 36.9 Å². The van der Waals surface area contributed by atoms with E-state index in [0.29, 0.717) is 73.4 Å². The predicted molar refractivity (Wildman–Crippen MR) is 223 cm³/mol. The van der Waals surface area contributed by atoms with Crippen LogP contribution in [0.1, 0.15) is 102 Å². The zero-order chi connectivity index (χ0) is 42.2. The van der Waals surface area contributed by atoms with Gasteiger partial charge in [0.05, 0.1) is 31.0 Å². The molecule has 7 atom stereocenters.